The van der Waals surface area contributed by atoms with Crippen LogP contribution >= 0.6 is 0 Å². The van der Waals surface area contributed by atoms with E-state index in [0.717, 1.165) is 10.5 Å². The molecule has 0 radical (unpaired) electrons. The van der Waals surface area contributed by atoms with Crippen molar-refractivity contribution in [2.24, 2.45) is 0 Å². The van der Waals surface area contributed by atoms with E-state index in [2.05, 4.69) is 0 Å². The van der Waals surface area contributed by atoms with Crippen molar-refractivity contribution < 1.29 is 54.2 Å². The molecule has 0 spiro atoms. The summed E-state index contributed by atoms with van der Waals surface area (Å²) in [6.45, 7) is -0.837. The number of hydrogen-bond acceptors (Lipinski definition) is 9. The Hall–Kier alpha value is -1.75. The molecule has 210 valence electrons. The van der Waals surface area contributed by atoms with Crippen LogP contribution in [0.1, 0.15) is 12.5 Å². The van der Waals surface area contributed by atoms with Crippen LogP contribution in [-0.2, 0) is 30.4 Å². The van der Waals surface area contributed by atoms with E-state index in [9.17, 15) is 39.3 Å². The van der Waals surface area contributed by atoms with E-state index in [0.29, 0.717) is 12.4 Å². The number of carbonyl (C=O) groups is 5. The average molecular weight is 576 g/mol. The van der Waals surface area contributed by atoms with Crippen LogP contribution < -0.4 is 4.74 Å². The Morgan fingerprint density at radius 2 is 1.10 bits per heavy atom. The summed E-state index contributed by atoms with van der Waals surface area (Å²) < 4.78 is 5.41. The zero-order valence-corrected chi connectivity index (χ0v) is 20.5. The van der Waals surface area contributed by atoms with Gasteiger partial charge in [0.2, 0.25) is 0 Å². The van der Waals surface area contributed by atoms with Gasteiger partial charge in [0.15, 0.2) is 0 Å². The summed E-state index contributed by atoms with van der Waals surface area (Å²) in [6, 6.07) is 6.14. The fourth-order valence-corrected chi connectivity index (χ4v) is 3.73. The van der Waals surface area contributed by atoms with Crippen molar-refractivity contribution in [3.8, 4) is 5.75 Å². The summed E-state index contributed by atoms with van der Waals surface area (Å²) in [5, 5.41) is 46.2. The Morgan fingerprint density at radius 3 is 1.51 bits per heavy atom. The molecular formula is C23H35N3Na2O11. The van der Waals surface area contributed by atoms with Gasteiger partial charge in [0.25, 0.3) is 0 Å². The first-order chi connectivity index (χ1) is 17.4. The molecule has 14 nitrogen and oxygen atoms in total. The number of nitrogens with zero attached hydrogens (tertiary/aromatic N) is 3. The minimum atomic E-state index is -1.27. The van der Waals surface area contributed by atoms with Crippen molar-refractivity contribution in [2.45, 2.75) is 19.4 Å². The molecule has 39 heavy (non-hydrogen) atoms. The van der Waals surface area contributed by atoms with E-state index in [1.54, 1.807) is 24.3 Å². The average Bonchev–Trinajstić information content (AvgIpc) is 2.76. The fourth-order valence-electron chi connectivity index (χ4n) is 3.73. The van der Waals surface area contributed by atoms with Crippen molar-refractivity contribution >= 4 is 89.0 Å². The van der Waals surface area contributed by atoms with Gasteiger partial charge in [-0.05, 0) is 31.0 Å². The zero-order valence-electron chi connectivity index (χ0n) is 20.5. The van der Waals surface area contributed by atoms with E-state index < -0.39 is 68.6 Å². The molecule has 0 fully saturated rings. The standard InChI is InChI=1S/C23H33N3O11.2Na.2H/c1-2-37-18-5-3-16(4-6-18)9-17(26(14-22(33)34)15-23(35)36)10-24(11-19(27)28)7-8-25(12-20(29)30)13-21(31)32;;;;/h3-6,17H,2,7-15H2,1H3,(H,27,28)(H,29,30)(H,31,32)(H,33,34)(H,35,36);;;;. The summed E-state index contributed by atoms with van der Waals surface area (Å²) in [6.07, 6.45) is 0.178. The third-order valence-corrected chi connectivity index (χ3v) is 5.18. The van der Waals surface area contributed by atoms with E-state index in [1.165, 1.54) is 9.80 Å². The number of carboxylic acids is 5. The quantitative estimate of drug-likeness (QED) is 0.107. The van der Waals surface area contributed by atoms with E-state index in [4.69, 9.17) is 14.9 Å². The normalized spacial score (nSPS) is 11.4. The molecule has 0 bridgehead atoms. The SMILES string of the molecule is CCOc1ccc(CC(CN(CCN(CC(=O)O)CC(=O)O)CC(=O)O)N(CC(=O)O)CC(=O)O)cc1.[NaH].[NaH]. The van der Waals surface area contributed by atoms with Crippen molar-refractivity contribution in [3.05, 3.63) is 29.8 Å². The van der Waals surface area contributed by atoms with Gasteiger partial charge in [-0.15, -0.1) is 0 Å². The Labute approximate surface area is 270 Å². The Kier molecular flexibility index (Phi) is 21.3. The predicted octanol–water partition coefficient (Wildman–Crippen LogP) is -1.97. The molecule has 1 aromatic carbocycles. The van der Waals surface area contributed by atoms with Gasteiger partial charge in [0, 0.05) is 25.7 Å². The molecule has 0 aliphatic heterocycles. The molecule has 0 aliphatic rings. The summed E-state index contributed by atoms with van der Waals surface area (Å²) in [7, 11) is 0. The second-order valence-corrected chi connectivity index (χ2v) is 8.25. The van der Waals surface area contributed by atoms with Crippen molar-refractivity contribution in [1.29, 1.82) is 0 Å². The van der Waals surface area contributed by atoms with Gasteiger partial charge in [-0.3, -0.25) is 38.7 Å². The van der Waals surface area contributed by atoms with Gasteiger partial charge in [-0.25, -0.2) is 0 Å². The molecule has 0 heterocycles. The molecule has 1 unspecified atom stereocenters. The predicted molar refractivity (Wildman–Crippen MR) is 142 cm³/mol. The monoisotopic (exact) mass is 575 g/mol. The van der Waals surface area contributed by atoms with Crippen LogP contribution in [0.3, 0.4) is 0 Å². The minimum absolute atomic E-state index is 0. The second kappa shape index (κ2) is 21.1. The van der Waals surface area contributed by atoms with Crippen molar-refractivity contribution in [2.75, 3.05) is 59.0 Å². The van der Waals surface area contributed by atoms with Crippen LogP contribution in [0.5, 0.6) is 5.75 Å². The molecule has 0 saturated heterocycles. The van der Waals surface area contributed by atoms with E-state index >= 15 is 0 Å². The molecule has 1 rings (SSSR count). The first-order valence-electron chi connectivity index (χ1n) is 11.4. The van der Waals surface area contributed by atoms with Gasteiger partial charge < -0.3 is 30.3 Å². The maximum absolute atomic E-state index is 11.5. The molecule has 0 aliphatic carbocycles. The molecule has 0 aromatic heterocycles. The van der Waals surface area contributed by atoms with Gasteiger partial charge in [-0.2, -0.15) is 0 Å². The van der Waals surface area contributed by atoms with Gasteiger partial charge in [0.05, 0.1) is 39.3 Å². The molecule has 0 saturated carbocycles. The topological polar surface area (TPSA) is 205 Å². The van der Waals surface area contributed by atoms with Crippen LogP contribution in [-0.4, -0.2) is 194 Å². The number of hydrogen-bond donors (Lipinski definition) is 5. The fraction of sp³-hybridized carbons (Fsp3) is 0.522. The molecule has 1 aromatic rings. The number of carboxylic acid groups (broad SMARTS) is 5. The number of ether oxygens (including phenoxy) is 1. The molecule has 5 N–H and O–H groups in total. The van der Waals surface area contributed by atoms with Crippen LogP contribution in [0.4, 0.5) is 0 Å². The zero-order chi connectivity index (χ0) is 28.0. The number of rotatable bonds is 20. The van der Waals surface area contributed by atoms with E-state index in [-0.39, 0.29) is 85.2 Å². The summed E-state index contributed by atoms with van der Waals surface area (Å²) in [5.41, 5.74) is 0.725. The Morgan fingerprint density at radius 1 is 0.692 bits per heavy atom. The van der Waals surface area contributed by atoms with Crippen molar-refractivity contribution in [3.63, 3.8) is 0 Å². The number of aliphatic carboxylic acids is 5. The van der Waals surface area contributed by atoms with Crippen LogP contribution in [0, 0.1) is 0 Å². The molecule has 16 heteroatoms. The second-order valence-electron chi connectivity index (χ2n) is 8.25. The number of benzene rings is 1. The first kappa shape index (κ1) is 39.4. The summed E-state index contributed by atoms with van der Waals surface area (Å²) in [5.74, 6) is -5.65. The molecular weight excluding hydrogens is 540 g/mol. The van der Waals surface area contributed by atoms with Crippen LogP contribution in [0.25, 0.3) is 0 Å². The van der Waals surface area contributed by atoms with Gasteiger partial charge in [0.1, 0.15) is 5.75 Å². The Balaban J connectivity index is 0. The molecule has 1 atom stereocenters. The third kappa shape index (κ3) is 18.3. The van der Waals surface area contributed by atoms with Crippen molar-refractivity contribution in [1.82, 2.24) is 14.7 Å². The van der Waals surface area contributed by atoms with Crippen LogP contribution in [0.2, 0.25) is 0 Å². The van der Waals surface area contributed by atoms with Gasteiger partial charge in [-0.1, -0.05) is 12.1 Å². The van der Waals surface area contributed by atoms with Gasteiger partial charge >= 0.3 is 89.0 Å². The summed E-state index contributed by atoms with van der Waals surface area (Å²) >= 11 is 0. The third-order valence-electron chi connectivity index (χ3n) is 5.18. The summed E-state index contributed by atoms with van der Waals surface area (Å²) in [4.78, 5) is 60.4. The Bertz CT molecular complexity index is 902. The van der Waals surface area contributed by atoms with Crippen LogP contribution in [0.15, 0.2) is 24.3 Å². The maximum atomic E-state index is 11.5. The molecule has 0 amide bonds. The first-order valence-corrected chi connectivity index (χ1v) is 11.4. The van der Waals surface area contributed by atoms with E-state index in [1.807, 2.05) is 6.92 Å².